The molecule has 6 heteroatoms. The van der Waals surface area contributed by atoms with Crippen LogP contribution >= 0.6 is 0 Å². The molecule has 4 fully saturated rings. The molecule has 4 aliphatic rings. The minimum Gasteiger partial charge on any atom is -0.469 e. The zero-order valence-electron chi connectivity index (χ0n) is 18.9. The highest BCUT2D eigenvalue weighted by Gasteiger charge is 2.63. The largest absolute Gasteiger partial charge is 0.469 e. The number of hydrogen-bond acceptors (Lipinski definition) is 6. The molecule has 0 bridgehead atoms. The third-order valence-corrected chi connectivity index (χ3v) is 9.64. The smallest absolute Gasteiger partial charge is 0.311 e. The lowest BCUT2D eigenvalue weighted by atomic mass is 9.42. The van der Waals surface area contributed by atoms with Gasteiger partial charge in [-0.05, 0) is 80.5 Å². The van der Waals surface area contributed by atoms with Gasteiger partial charge in [0.1, 0.15) is 12.2 Å². The molecule has 1 unspecified atom stereocenters. The van der Waals surface area contributed by atoms with Crippen LogP contribution < -0.4 is 0 Å². The minimum absolute atomic E-state index is 0.00968. The van der Waals surface area contributed by atoms with Gasteiger partial charge in [-0.3, -0.25) is 9.59 Å². The van der Waals surface area contributed by atoms with Crippen LogP contribution in [0.4, 0.5) is 0 Å². The molecule has 0 aromatic rings. The number of esters is 2. The van der Waals surface area contributed by atoms with E-state index < -0.39 is 22.5 Å². The maximum absolute atomic E-state index is 12.7. The van der Waals surface area contributed by atoms with Crippen molar-refractivity contribution in [3.05, 3.63) is 0 Å². The van der Waals surface area contributed by atoms with Crippen LogP contribution in [0.15, 0.2) is 0 Å². The third kappa shape index (κ3) is 3.21. The van der Waals surface area contributed by atoms with Crippen molar-refractivity contribution in [3.63, 3.8) is 0 Å². The van der Waals surface area contributed by atoms with Gasteiger partial charge in [0, 0.05) is 0 Å². The predicted octanol–water partition coefficient (Wildman–Crippen LogP) is 3.23. The summed E-state index contributed by atoms with van der Waals surface area (Å²) in [6.07, 6.45) is 6.44. The first-order chi connectivity index (χ1) is 14.0. The van der Waals surface area contributed by atoms with Gasteiger partial charge >= 0.3 is 11.9 Å². The van der Waals surface area contributed by atoms with E-state index in [0.717, 1.165) is 44.9 Å². The Bertz CT molecular complexity index is 722. The van der Waals surface area contributed by atoms with Gasteiger partial charge in [-0.15, -0.1) is 0 Å². The fraction of sp³-hybridized carbons (Fsp3) is 0.917. The fourth-order valence-electron chi connectivity index (χ4n) is 8.25. The highest BCUT2D eigenvalue weighted by atomic mass is 16.6. The lowest BCUT2D eigenvalue weighted by Gasteiger charge is -2.63. The maximum atomic E-state index is 12.7. The highest BCUT2D eigenvalue weighted by molar-refractivity contribution is 5.77. The number of rotatable bonds is 3. The summed E-state index contributed by atoms with van der Waals surface area (Å²) in [5.41, 5.74) is -2.05. The van der Waals surface area contributed by atoms with Crippen molar-refractivity contribution in [2.45, 2.75) is 90.3 Å². The zero-order chi connectivity index (χ0) is 21.9. The molecule has 30 heavy (non-hydrogen) atoms. The molecule has 2 N–H and O–H groups in total. The van der Waals surface area contributed by atoms with Crippen LogP contribution in [0.1, 0.15) is 78.6 Å². The Kier molecular flexibility index (Phi) is 5.29. The maximum Gasteiger partial charge on any atom is 0.311 e. The number of hydrogen-bond donors (Lipinski definition) is 2. The number of aliphatic hydroxyl groups excluding tert-OH is 1. The number of carbonyl (C=O) groups excluding carboxylic acids is 2. The lowest BCUT2D eigenvalue weighted by Crippen LogP contribution is -2.60. The molecule has 6 nitrogen and oxygen atoms in total. The highest BCUT2D eigenvalue weighted by Crippen LogP contribution is 2.66. The standard InChI is InChI=1S/C24H38O6/c1-21(13-24(28)12-18(25)30-14-24)11-8-16-15(19(21)26)6-7-17-22(16,2)9-5-10-23(17,3)20(27)29-4/h15-17,19,26,28H,5-14H2,1-4H3/t15-,16+,17-,19+,21-,22-,23-,24?/m1/s1. The van der Waals surface area contributed by atoms with Gasteiger partial charge in [0.15, 0.2) is 0 Å². The number of aliphatic hydroxyl groups is 2. The molecule has 0 amide bonds. The molecule has 1 heterocycles. The van der Waals surface area contributed by atoms with E-state index in [1.165, 1.54) is 7.11 Å². The van der Waals surface area contributed by atoms with Gasteiger partial charge in [0.2, 0.25) is 0 Å². The van der Waals surface area contributed by atoms with E-state index >= 15 is 0 Å². The Morgan fingerprint density at radius 3 is 2.53 bits per heavy atom. The summed E-state index contributed by atoms with van der Waals surface area (Å²) in [5, 5.41) is 22.4. The van der Waals surface area contributed by atoms with Crippen molar-refractivity contribution in [1.82, 2.24) is 0 Å². The molecule has 0 radical (unpaired) electrons. The van der Waals surface area contributed by atoms with E-state index in [1.54, 1.807) is 0 Å². The second-order valence-corrected chi connectivity index (χ2v) is 11.5. The minimum atomic E-state index is -1.17. The van der Waals surface area contributed by atoms with E-state index in [4.69, 9.17) is 9.47 Å². The quantitative estimate of drug-likeness (QED) is 0.679. The SMILES string of the molecule is COC(=O)[C@]1(C)CCC[C@@]2(C)[C@H]1CC[C@H]1[C@H](O)[C@@](C)(CC3(O)COC(=O)C3)CC[C@@H]12. The second kappa shape index (κ2) is 7.19. The van der Waals surface area contributed by atoms with Gasteiger partial charge in [0.25, 0.3) is 0 Å². The Balaban J connectivity index is 1.57. The van der Waals surface area contributed by atoms with Crippen LogP contribution in [0.2, 0.25) is 0 Å². The molecule has 0 aromatic heterocycles. The Morgan fingerprint density at radius 2 is 1.90 bits per heavy atom. The summed E-state index contributed by atoms with van der Waals surface area (Å²) in [5.74, 6) is 0.341. The molecule has 0 aromatic carbocycles. The summed E-state index contributed by atoms with van der Waals surface area (Å²) < 4.78 is 10.2. The molecule has 4 rings (SSSR count). The van der Waals surface area contributed by atoms with Crippen molar-refractivity contribution in [2.75, 3.05) is 13.7 Å². The van der Waals surface area contributed by atoms with Crippen LogP contribution in [-0.4, -0.2) is 47.6 Å². The first kappa shape index (κ1) is 22.1. The van der Waals surface area contributed by atoms with Crippen molar-refractivity contribution in [3.8, 4) is 0 Å². The molecule has 170 valence electrons. The van der Waals surface area contributed by atoms with Crippen molar-refractivity contribution >= 4 is 11.9 Å². The topological polar surface area (TPSA) is 93.1 Å². The molecular formula is C24H38O6. The van der Waals surface area contributed by atoms with Gasteiger partial charge in [-0.25, -0.2) is 0 Å². The molecule has 3 aliphatic carbocycles. The van der Waals surface area contributed by atoms with Crippen molar-refractivity contribution in [2.24, 2.45) is 34.0 Å². The fourth-order valence-corrected chi connectivity index (χ4v) is 8.25. The number of carbonyl (C=O) groups is 2. The summed E-state index contributed by atoms with van der Waals surface area (Å²) in [6.45, 7) is 6.50. The van der Waals surface area contributed by atoms with Crippen LogP contribution in [0.3, 0.4) is 0 Å². The van der Waals surface area contributed by atoms with Crippen molar-refractivity contribution < 1.29 is 29.3 Å². The van der Waals surface area contributed by atoms with Crippen LogP contribution in [0.5, 0.6) is 0 Å². The Hall–Kier alpha value is -1.14. The summed E-state index contributed by atoms with van der Waals surface area (Å²) in [4.78, 5) is 24.3. The normalized spacial score (nSPS) is 50.9. The summed E-state index contributed by atoms with van der Waals surface area (Å²) in [7, 11) is 1.49. The van der Waals surface area contributed by atoms with Gasteiger partial charge in [-0.1, -0.05) is 20.3 Å². The van der Waals surface area contributed by atoms with E-state index in [2.05, 4.69) is 20.8 Å². The molecule has 8 atom stereocenters. The molecule has 0 spiro atoms. The average Bonchev–Trinajstić information content (AvgIpc) is 3.01. The first-order valence-corrected chi connectivity index (χ1v) is 11.6. The van der Waals surface area contributed by atoms with Crippen LogP contribution in [-0.2, 0) is 19.1 Å². The number of ether oxygens (including phenoxy) is 2. The first-order valence-electron chi connectivity index (χ1n) is 11.6. The predicted molar refractivity (Wildman–Crippen MR) is 110 cm³/mol. The number of methoxy groups -OCH3 is 1. The molecule has 1 saturated heterocycles. The Morgan fingerprint density at radius 1 is 1.17 bits per heavy atom. The van der Waals surface area contributed by atoms with Gasteiger partial charge in [-0.2, -0.15) is 0 Å². The van der Waals surface area contributed by atoms with E-state index in [1.807, 2.05) is 0 Å². The average molecular weight is 423 g/mol. The van der Waals surface area contributed by atoms with Gasteiger partial charge < -0.3 is 19.7 Å². The molecular weight excluding hydrogens is 384 g/mol. The second-order valence-electron chi connectivity index (χ2n) is 11.5. The van der Waals surface area contributed by atoms with E-state index in [0.29, 0.717) is 12.3 Å². The number of cyclic esters (lactones) is 1. The van der Waals surface area contributed by atoms with Crippen LogP contribution in [0.25, 0.3) is 0 Å². The summed E-state index contributed by atoms with van der Waals surface area (Å²) >= 11 is 0. The monoisotopic (exact) mass is 422 g/mol. The summed E-state index contributed by atoms with van der Waals surface area (Å²) in [6, 6.07) is 0. The molecule has 1 aliphatic heterocycles. The van der Waals surface area contributed by atoms with Crippen LogP contribution in [0, 0.1) is 34.0 Å². The van der Waals surface area contributed by atoms with Crippen molar-refractivity contribution in [1.29, 1.82) is 0 Å². The lowest BCUT2D eigenvalue weighted by molar-refractivity contribution is -0.196. The van der Waals surface area contributed by atoms with Gasteiger partial charge in [0.05, 0.1) is 25.0 Å². The molecule has 3 saturated carbocycles. The van der Waals surface area contributed by atoms with E-state index in [9.17, 15) is 19.8 Å². The number of fused-ring (bicyclic) bond motifs is 3. The zero-order valence-corrected chi connectivity index (χ0v) is 18.9. The third-order valence-electron chi connectivity index (χ3n) is 9.64. The Labute approximate surface area is 179 Å². The van der Waals surface area contributed by atoms with E-state index in [-0.39, 0.29) is 42.2 Å².